The van der Waals surface area contributed by atoms with E-state index in [9.17, 15) is 0 Å². The average Bonchev–Trinajstić information content (AvgIpc) is 2.95. The molecule has 24 heavy (non-hydrogen) atoms. The third-order valence-corrected chi connectivity index (χ3v) is 5.35. The molecule has 0 aliphatic rings. The molecule has 1 heterocycles. The summed E-state index contributed by atoms with van der Waals surface area (Å²) in [5, 5.41) is 1.28. The smallest absolute Gasteiger partial charge is 0.265 e. The zero-order valence-corrected chi connectivity index (χ0v) is 15.3. The van der Waals surface area contributed by atoms with Gasteiger partial charge in [0.1, 0.15) is 4.70 Å². The number of hydrogen-bond acceptors (Lipinski definition) is 2. The van der Waals surface area contributed by atoms with Crippen LogP contribution in [0.15, 0.2) is 61.2 Å². The quantitative estimate of drug-likeness (QED) is 0.470. The molecule has 0 bridgehead atoms. The Labute approximate surface area is 148 Å². The van der Waals surface area contributed by atoms with Crippen molar-refractivity contribution in [2.24, 2.45) is 0 Å². The van der Waals surface area contributed by atoms with Gasteiger partial charge < -0.3 is 4.90 Å². The summed E-state index contributed by atoms with van der Waals surface area (Å²) in [5.41, 5.74) is 4.98. The number of thiazole rings is 1. The summed E-state index contributed by atoms with van der Waals surface area (Å²) < 4.78 is 3.65. The van der Waals surface area contributed by atoms with Crippen LogP contribution in [-0.4, -0.2) is 14.1 Å². The van der Waals surface area contributed by atoms with Crippen molar-refractivity contribution in [2.45, 2.75) is 13.5 Å². The van der Waals surface area contributed by atoms with Crippen molar-refractivity contribution in [3.8, 4) is 0 Å². The fraction of sp³-hybridized carbons (Fsp3) is 0.190. The third kappa shape index (κ3) is 3.26. The molecule has 3 rings (SSSR count). The highest BCUT2D eigenvalue weighted by Crippen LogP contribution is 2.27. The lowest BCUT2D eigenvalue weighted by molar-refractivity contribution is -0.658. The number of allylic oxidation sites excluding steroid dienone is 2. The predicted molar refractivity (Wildman–Crippen MR) is 107 cm³/mol. The SMILES string of the molecule is C=CC[n+]1c(/C(C)=C/c2ccc(N(C)C)cc2)sc2ccccc21. The van der Waals surface area contributed by atoms with Crippen LogP contribution < -0.4 is 9.47 Å². The second-order valence-electron chi connectivity index (χ2n) is 6.09. The number of aromatic nitrogens is 1. The first-order chi connectivity index (χ1) is 11.6. The van der Waals surface area contributed by atoms with E-state index in [1.165, 1.54) is 32.0 Å². The largest absolute Gasteiger partial charge is 0.378 e. The van der Waals surface area contributed by atoms with E-state index in [-0.39, 0.29) is 0 Å². The normalized spacial score (nSPS) is 11.7. The topological polar surface area (TPSA) is 7.12 Å². The lowest BCUT2D eigenvalue weighted by Crippen LogP contribution is -2.34. The van der Waals surface area contributed by atoms with Crippen LogP contribution in [0.1, 0.15) is 17.5 Å². The molecule has 0 saturated carbocycles. The number of anilines is 1. The van der Waals surface area contributed by atoms with Crippen molar-refractivity contribution >= 4 is 38.9 Å². The molecule has 0 unspecified atom stereocenters. The predicted octanol–water partition coefficient (Wildman–Crippen LogP) is 5.00. The Morgan fingerprint density at radius 3 is 2.50 bits per heavy atom. The molecule has 122 valence electrons. The number of para-hydroxylation sites is 1. The van der Waals surface area contributed by atoms with Crippen LogP contribution in [-0.2, 0) is 6.54 Å². The molecule has 0 aliphatic carbocycles. The minimum Gasteiger partial charge on any atom is -0.378 e. The standard InChI is InChI=1S/C21H23N2S/c1-5-14-23-19-8-6-7-9-20(19)24-21(23)16(2)15-17-10-12-18(13-11-17)22(3)4/h5-13,15H,1,14H2,2-4H3/q+1. The maximum Gasteiger partial charge on any atom is 0.265 e. The summed E-state index contributed by atoms with van der Waals surface area (Å²) in [6.45, 7) is 6.92. The Hall–Kier alpha value is -2.39. The Morgan fingerprint density at radius 1 is 1.12 bits per heavy atom. The van der Waals surface area contributed by atoms with Gasteiger partial charge in [-0.2, -0.15) is 4.57 Å². The van der Waals surface area contributed by atoms with E-state index in [2.05, 4.69) is 91.7 Å². The molecule has 0 fully saturated rings. The van der Waals surface area contributed by atoms with Gasteiger partial charge in [-0.3, -0.25) is 0 Å². The van der Waals surface area contributed by atoms with E-state index in [0.717, 1.165) is 6.54 Å². The highest BCUT2D eigenvalue weighted by atomic mass is 32.1. The lowest BCUT2D eigenvalue weighted by Gasteiger charge is -2.11. The summed E-state index contributed by atoms with van der Waals surface area (Å²) in [6, 6.07) is 17.2. The summed E-state index contributed by atoms with van der Waals surface area (Å²) >= 11 is 1.84. The minimum atomic E-state index is 0.824. The van der Waals surface area contributed by atoms with Gasteiger partial charge in [-0.1, -0.05) is 42.2 Å². The monoisotopic (exact) mass is 335 g/mol. The maximum atomic E-state index is 3.91. The molecule has 0 N–H and O–H groups in total. The van der Waals surface area contributed by atoms with Crippen molar-refractivity contribution in [3.05, 3.63) is 71.8 Å². The van der Waals surface area contributed by atoms with Crippen molar-refractivity contribution in [1.29, 1.82) is 0 Å². The van der Waals surface area contributed by atoms with Gasteiger partial charge in [0.25, 0.3) is 5.01 Å². The minimum absolute atomic E-state index is 0.824. The molecular formula is C21H23N2S+. The number of nitrogens with zero attached hydrogens (tertiary/aromatic N) is 2. The molecule has 2 aromatic carbocycles. The van der Waals surface area contributed by atoms with E-state index in [0.29, 0.717) is 0 Å². The van der Waals surface area contributed by atoms with E-state index in [1.54, 1.807) is 0 Å². The molecule has 0 radical (unpaired) electrons. The van der Waals surface area contributed by atoms with Crippen molar-refractivity contribution in [3.63, 3.8) is 0 Å². The van der Waals surface area contributed by atoms with Crippen LogP contribution >= 0.6 is 11.3 Å². The van der Waals surface area contributed by atoms with Gasteiger partial charge in [0.15, 0.2) is 6.54 Å². The van der Waals surface area contributed by atoms with Gasteiger partial charge in [-0.25, -0.2) is 0 Å². The van der Waals surface area contributed by atoms with Crippen LogP contribution in [0.25, 0.3) is 21.9 Å². The first kappa shape index (κ1) is 16.5. The first-order valence-electron chi connectivity index (χ1n) is 8.08. The molecule has 0 spiro atoms. The highest BCUT2D eigenvalue weighted by molar-refractivity contribution is 7.19. The van der Waals surface area contributed by atoms with Crippen LogP contribution in [0.3, 0.4) is 0 Å². The number of hydrogen-bond donors (Lipinski definition) is 0. The van der Waals surface area contributed by atoms with Crippen LogP contribution in [0.5, 0.6) is 0 Å². The third-order valence-electron chi connectivity index (χ3n) is 4.05. The van der Waals surface area contributed by atoms with E-state index >= 15 is 0 Å². The summed E-state index contributed by atoms with van der Waals surface area (Å²) in [4.78, 5) is 2.12. The summed E-state index contributed by atoms with van der Waals surface area (Å²) in [6.07, 6.45) is 4.21. The number of rotatable bonds is 5. The molecule has 0 atom stereocenters. The summed E-state index contributed by atoms with van der Waals surface area (Å²) in [7, 11) is 4.12. The fourth-order valence-electron chi connectivity index (χ4n) is 2.82. The Bertz CT molecular complexity index is 886. The first-order valence-corrected chi connectivity index (χ1v) is 8.90. The second-order valence-corrected chi connectivity index (χ2v) is 7.12. The van der Waals surface area contributed by atoms with Gasteiger partial charge in [0.05, 0.1) is 0 Å². The molecule has 1 aromatic heterocycles. The average molecular weight is 335 g/mol. The van der Waals surface area contributed by atoms with E-state index in [4.69, 9.17) is 0 Å². The second kappa shape index (κ2) is 7.02. The van der Waals surface area contributed by atoms with Crippen LogP contribution in [0, 0.1) is 0 Å². The molecular weight excluding hydrogens is 312 g/mol. The van der Waals surface area contributed by atoms with Crippen LogP contribution in [0.4, 0.5) is 5.69 Å². The van der Waals surface area contributed by atoms with Crippen LogP contribution in [0.2, 0.25) is 0 Å². The summed E-state index contributed by atoms with van der Waals surface area (Å²) in [5.74, 6) is 0. The van der Waals surface area contributed by atoms with Gasteiger partial charge in [0, 0.05) is 31.4 Å². The lowest BCUT2D eigenvalue weighted by atomic mass is 10.1. The fourth-order valence-corrected chi connectivity index (χ4v) is 3.96. The number of benzene rings is 2. The van der Waals surface area contributed by atoms with Crippen molar-refractivity contribution < 1.29 is 4.57 Å². The molecule has 3 heteroatoms. The molecule has 2 nitrogen and oxygen atoms in total. The van der Waals surface area contributed by atoms with E-state index in [1.807, 2.05) is 17.4 Å². The van der Waals surface area contributed by atoms with Gasteiger partial charge in [0.2, 0.25) is 5.52 Å². The highest BCUT2D eigenvalue weighted by Gasteiger charge is 2.20. The zero-order valence-electron chi connectivity index (χ0n) is 14.5. The Kier molecular flexibility index (Phi) is 4.81. The van der Waals surface area contributed by atoms with Gasteiger partial charge in [-0.15, -0.1) is 0 Å². The Balaban J connectivity index is 2.02. The molecule has 0 amide bonds. The maximum absolute atomic E-state index is 3.91. The molecule has 0 aliphatic heterocycles. The number of fused-ring (bicyclic) bond motifs is 1. The Morgan fingerprint density at radius 2 is 1.83 bits per heavy atom. The van der Waals surface area contributed by atoms with Crippen molar-refractivity contribution in [2.75, 3.05) is 19.0 Å². The van der Waals surface area contributed by atoms with E-state index < -0.39 is 0 Å². The van der Waals surface area contributed by atoms with Crippen molar-refractivity contribution in [1.82, 2.24) is 0 Å². The van der Waals surface area contributed by atoms with Gasteiger partial charge >= 0.3 is 0 Å². The molecule has 3 aromatic rings. The van der Waals surface area contributed by atoms with Gasteiger partial charge in [-0.05, 0) is 42.8 Å². The molecule has 0 saturated heterocycles. The zero-order chi connectivity index (χ0) is 17.1.